The molecule has 0 saturated heterocycles. The van der Waals surface area contributed by atoms with Gasteiger partial charge in [0, 0.05) is 20.2 Å². The number of carbonyl (C=O) groups is 1. The molecule has 23 heavy (non-hydrogen) atoms. The van der Waals surface area contributed by atoms with E-state index in [1.807, 2.05) is 36.4 Å². The van der Waals surface area contributed by atoms with Crippen molar-refractivity contribution in [3.63, 3.8) is 0 Å². The van der Waals surface area contributed by atoms with Crippen molar-refractivity contribution in [2.75, 3.05) is 5.32 Å². The van der Waals surface area contributed by atoms with Crippen molar-refractivity contribution in [2.45, 2.75) is 6.54 Å². The van der Waals surface area contributed by atoms with E-state index in [9.17, 15) is 4.79 Å². The monoisotopic (exact) mass is 437 g/mol. The van der Waals surface area contributed by atoms with Crippen molar-refractivity contribution in [3.8, 4) is 0 Å². The van der Waals surface area contributed by atoms with E-state index in [0.29, 0.717) is 22.9 Å². The summed E-state index contributed by atoms with van der Waals surface area (Å²) in [6.07, 6.45) is 1.67. The van der Waals surface area contributed by atoms with Crippen molar-refractivity contribution < 1.29 is 4.79 Å². The molecule has 0 saturated carbocycles. The number of amides is 1. The van der Waals surface area contributed by atoms with Gasteiger partial charge in [0.05, 0.1) is 12.7 Å². The second kappa shape index (κ2) is 7.14. The summed E-state index contributed by atoms with van der Waals surface area (Å²) in [6, 6.07) is 16.7. The summed E-state index contributed by atoms with van der Waals surface area (Å²) in [5.41, 5.74) is 1.67. The first-order chi connectivity index (χ1) is 11.1. The van der Waals surface area contributed by atoms with E-state index in [1.54, 1.807) is 29.1 Å². The summed E-state index contributed by atoms with van der Waals surface area (Å²) in [4.78, 5) is 12.3. The van der Waals surface area contributed by atoms with Crippen LogP contribution in [-0.4, -0.2) is 15.7 Å². The molecule has 0 radical (unpaired) electrons. The largest absolute Gasteiger partial charge is 0.307 e. The van der Waals surface area contributed by atoms with E-state index in [4.69, 9.17) is 11.6 Å². The number of hydrogen-bond acceptors (Lipinski definition) is 2. The first-order valence-corrected chi connectivity index (χ1v) is 8.41. The molecule has 0 fully saturated rings. The predicted octanol–water partition coefficient (Wildman–Crippen LogP) is 4.44. The molecule has 1 amide bonds. The zero-order chi connectivity index (χ0) is 16.2. The smallest absolute Gasteiger partial charge is 0.256 e. The van der Waals surface area contributed by atoms with Gasteiger partial charge in [-0.25, -0.2) is 4.68 Å². The highest BCUT2D eigenvalue weighted by Crippen LogP contribution is 2.15. The van der Waals surface area contributed by atoms with E-state index < -0.39 is 0 Å². The zero-order valence-electron chi connectivity index (χ0n) is 12.0. The minimum absolute atomic E-state index is 0.153. The summed E-state index contributed by atoms with van der Waals surface area (Å²) in [5.74, 6) is 0.503. The molecule has 3 aromatic rings. The summed E-state index contributed by atoms with van der Waals surface area (Å²) in [6.45, 7) is 0.562. The predicted molar refractivity (Wildman–Crippen MR) is 99.9 cm³/mol. The molecule has 0 aliphatic carbocycles. The number of anilines is 1. The van der Waals surface area contributed by atoms with Crippen LogP contribution in [0, 0.1) is 3.57 Å². The molecule has 0 atom stereocenters. The Bertz CT molecular complexity index is 813. The quantitative estimate of drug-likeness (QED) is 0.613. The van der Waals surface area contributed by atoms with Crippen LogP contribution in [0.15, 0.2) is 60.8 Å². The SMILES string of the molecule is O=C(Nc1ccnn1Cc1ccc(Cl)cc1)c1ccc(I)cc1. The molecule has 0 unspecified atom stereocenters. The van der Waals surface area contributed by atoms with Crippen LogP contribution in [0.4, 0.5) is 5.82 Å². The minimum Gasteiger partial charge on any atom is -0.307 e. The van der Waals surface area contributed by atoms with E-state index in [2.05, 4.69) is 33.0 Å². The number of nitrogens with zero attached hydrogens (tertiary/aromatic N) is 2. The van der Waals surface area contributed by atoms with Crippen molar-refractivity contribution in [1.29, 1.82) is 0 Å². The third-order valence-corrected chi connectivity index (χ3v) is 4.28. The van der Waals surface area contributed by atoms with Gasteiger partial charge in [0.25, 0.3) is 5.91 Å². The fraction of sp³-hybridized carbons (Fsp3) is 0.0588. The molecule has 0 aliphatic rings. The van der Waals surface area contributed by atoms with Gasteiger partial charge in [-0.15, -0.1) is 0 Å². The lowest BCUT2D eigenvalue weighted by atomic mass is 10.2. The second-order valence-electron chi connectivity index (χ2n) is 4.96. The first kappa shape index (κ1) is 16.0. The van der Waals surface area contributed by atoms with Gasteiger partial charge in [-0.1, -0.05) is 23.7 Å². The summed E-state index contributed by atoms with van der Waals surface area (Å²) >= 11 is 8.10. The maximum absolute atomic E-state index is 12.3. The highest BCUT2D eigenvalue weighted by atomic mass is 127. The highest BCUT2D eigenvalue weighted by Gasteiger charge is 2.10. The van der Waals surface area contributed by atoms with Gasteiger partial charge in [-0.05, 0) is 64.6 Å². The summed E-state index contributed by atoms with van der Waals surface area (Å²) in [5, 5.41) is 7.85. The standard InChI is InChI=1S/C17H13ClIN3O/c18-14-5-1-12(2-6-14)11-22-16(9-10-20-22)21-17(23)13-3-7-15(19)8-4-13/h1-10H,11H2,(H,21,23). The molecule has 0 aliphatic heterocycles. The number of carbonyl (C=O) groups excluding carboxylic acids is 1. The van der Waals surface area contributed by atoms with Crippen molar-refractivity contribution >= 4 is 45.9 Å². The van der Waals surface area contributed by atoms with Gasteiger partial charge >= 0.3 is 0 Å². The van der Waals surface area contributed by atoms with E-state index in [-0.39, 0.29) is 5.91 Å². The number of halogens is 2. The van der Waals surface area contributed by atoms with Crippen LogP contribution >= 0.6 is 34.2 Å². The molecule has 1 heterocycles. The van der Waals surface area contributed by atoms with Crippen LogP contribution in [0.5, 0.6) is 0 Å². The first-order valence-electron chi connectivity index (χ1n) is 6.95. The molecule has 1 N–H and O–H groups in total. The Hall–Kier alpha value is -1.86. The van der Waals surface area contributed by atoms with Gasteiger partial charge in [0.2, 0.25) is 0 Å². The van der Waals surface area contributed by atoms with Crippen LogP contribution in [0.1, 0.15) is 15.9 Å². The normalized spacial score (nSPS) is 10.5. The molecule has 1 aromatic heterocycles. The molecular formula is C17H13ClIN3O. The van der Waals surface area contributed by atoms with Crippen LogP contribution in [0.2, 0.25) is 5.02 Å². The molecular weight excluding hydrogens is 425 g/mol. The maximum Gasteiger partial charge on any atom is 0.256 e. The van der Waals surface area contributed by atoms with E-state index in [0.717, 1.165) is 9.13 Å². The molecule has 2 aromatic carbocycles. The Morgan fingerprint density at radius 1 is 1.09 bits per heavy atom. The lowest BCUT2D eigenvalue weighted by Crippen LogP contribution is -2.16. The Kier molecular flexibility index (Phi) is 4.97. The molecule has 3 rings (SSSR count). The Morgan fingerprint density at radius 2 is 1.78 bits per heavy atom. The number of rotatable bonds is 4. The van der Waals surface area contributed by atoms with Gasteiger partial charge in [0.1, 0.15) is 5.82 Å². The van der Waals surface area contributed by atoms with E-state index >= 15 is 0 Å². The maximum atomic E-state index is 12.3. The number of nitrogens with one attached hydrogen (secondary N) is 1. The number of benzene rings is 2. The molecule has 0 bridgehead atoms. The average molecular weight is 438 g/mol. The molecule has 116 valence electrons. The molecule has 0 spiro atoms. The third kappa shape index (κ3) is 4.11. The Labute approximate surface area is 152 Å². The van der Waals surface area contributed by atoms with Crippen molar-refractivity contribution in [1.82, 2.24) is 9.78 Å². The number of hydrogen-bond donors (Lipinski definition) is 1. The minimum atomic E-state index is -0.153. The topological polar surface area (TPSA) is 46.9 Å². The molecule has 4 nitrogen and oxygen atoms in total. The fourth-order valence-electron chi connectivity index (χ4n) is 2.12. The zero-order valence-corrected chi connectivity index (χ0v) is 15.0. The van der Waals surface area contributed by atoms with Crippen LogP contribution in [0.25, 0.3) is 0 Å². The average Bonchev–Trinajstić information content (AvgIpc) is 2.97. The highest BCUT2D eigenvalue weighted by molar-refractivity contribution is 14.1. The Morgan fingerprint density at radius 3 is 2.48 bits per heavy atom. The summed E-state index contributed by atoms with van der Waals surface area (Å²) in [7, 11) is 0. The van der Waals surface area contributed by atoms with Gasteiger partial charge in [-0.3, -0.25) is 4.79 Å². The lowest BCUT2D eigenvalue weighted by Gasteiger charge is -2.09. The molecule has 6 heteroatoms. The van der Waals surface area contributed by atoms with Crippen LogP contribution in [-0.2, 0) is 6.54 Å². The van der Waals surface area contributed by atoms with Gasteiger partial charge < -0.3 is 5.32 Å². The van der Waals surface area contributed by atoms with Crippen LogP contribution < -0.4 is 5.32 Å². The number of aromatic nitrogens is 2. The second-order valence-corrected chi connectivity index (χ2v) is 6.64. The fourth-order valence-corrected chi connectivity index (χ4v) is 2.60. The van der Waals surface area contributed by atoms with E-state index in [1.165, 1.54) is 0 Å². The van der Waals surface area contributed by atoms with Crippen molar-refractivity contribution in [2.24, 2.45) is 0 Å². The van der Waals surface area contributed by atoms with Crippen molar-refractivity contribution in [3.05, 3.63) is 80.5 Å². The Balaban J connectivity index is 1.74. The lowest BCUT2D eigenvalue weighted by molar-refractivity contribution is 0.102. The van der Waals surface area contributed by atoms with Crippen LogP contribution in [0.3, 0.4) is 0 Å². The third-order valence-electron chi connectivity index (χ3n) is 3.31. The summed E-state index contributed by atoms with van der Waals surface area (Å²) < 4.78 is 2.83. The van der Waals surface area contributed by atoms with Gasteiger partial charge in [-0.2, -0.15) is 5.10 Å². The van der Waals surface area contributed by atoms with Gasteiger partial charge in [0.15, 0.2) is 0 Å².